The summed E-state index contributed by atoms with van der Waals surface area (Å²) in [6.45, 7) is 5.96. The van der Waals surface area contributed by atoms with Crippen LogP contribution in [-0.2, 0) is 9.59 Å². The van der Waals surface area contributed by atoms with Crippen molar-refractivity contribution in [3.05, 3.63) is 29.8 Å². The first-order chi connectivity index (χ1) is 13.4. The minimum absolute atomic E-state index is 0.0241. The van der Waals surface area contributed by atoms with Gasteiger partial charge >= 0.3 is 5.97 Å². The zero-order chi connectivity index (χ0) is 20.3. The Morgan fingerprint density at radius 1 is 1.25 bits per heavy atom. The lowest BCUT2D eigenvalue weighted by Crippen LogP contribution is -2.48. The van der Waals surface area contributed by atoms with E-state index >= 15 is 0 Å². The summed E-state index contributed by atoms with van der Waals surface area (Å²) < 4.78 is 0. The van der Waals surface area contributed by atoms with E-state index in [0.29, 0.717) is 36.8 Å². The van der Waals surface area contributed by atoms with E-state index in [9.17, 15) is 14.4 Å². The topological polar surface area (TPSA) is 90.0 Å². The second-order valence-corrected chi connectivity index (χ2v) is 7.87. The van der Waals surface area contributed by atoms with Gasteiger partial charge in [-0.05, 0) is 49.9 Å². The number of benzene rings is 1. The number of amides is 2. The highest BCUT2D eigenvalue weighted by molar-refractivity contribution is 5.98. The van der Waals surface area contributed by atoms with Gasteiger partial charge in [-0.1, -0.05) is 19.9 Å². The number of hydrogen-bond donors (Lipinski definition) is 2. The minimum atomic E-state index is -0.820. The van der Waals surface area contributed by atoms with Crippen LogP contribution in [0.25, 0.3) is 0 Å². The lowest BCUT2D eigenvalue weighted by Gasteiger charge is -2.37. The Hall–Kier alpha value is -2.41. The molecule has 2 aliphatic rings. The highest BCUT2D eigenvalue weighted by Gasteiger charge is 2.39. The highest BCUT2D eigenvalue weighted by atomic mass is 16.4. The molecule has 2 atom stereocenters. The number of nitrogens with one attached hydrogen (secondary N) is 1. The third kappa shape index (κ3) is 4.90. The molecular weight excluding hydrogens is 358 g/mol. The quantitative estimate of drug-likeness (QED) is 0.749. The van der Waals surface area contributed by atoms with Crippen molar-refractivity contribution in [2.24, 2.45) is 11.8 Å². The second-order valence-electron chi connectivity index (χ2n) is 7.87. The molecule has 28 heavy (non-hydrogen) atoms. The van der Waals surface area contributed by atoms with Crippen LogP contribution in [0, 0.1) is 11.8 Å². The average Bonchev–Trinajstić information content (AvgIpc) is 3.42. The summed E-state index contributed by atoms with van der Waals surface area (Å²) >= 11 is 0. The maximum Gasteiger partial charge on any atom is 0.317 e. The van der Waals surface area contributed by atoms with Gasteiger partial charge in [0, 0.05) is 36.3 Å². The molecule has 7 heteroatoms. The molecule has 1 aromatic carbocycles. The van der Waals surface area contributed by atoms with E-state index in [1.807, 2.05) is 16.7 Å². The molecule has 152 valence electrons. The molecule has 0 aromatic heterocycles. The van der Waals surface area contributed by atoms with Crippen molar-refractivity contribution >= 4 is 23.5 Å². The van der Waals surface area contributed by atoms with Crippen molar-refractivity contribution in [2.75, 3.05) is 31.5 Å². The molecule has 1 heterocycles. The van der Waals surface area contributed by atoms with E-state index in [1.165, 1.54) is 0 Å². The van der Waals surface area contributed by atoms with Crippen LogP contribution in [0.3, 0.4) is 0 Å². The highest BCUT2D eigenvalue weighted by Crippen LogP contribution is 2.38. The molecule has 2 N–H and O–H groups in total. The SMILES string of the molecule is CCN(CC(=O)O)C1CCN(C(=O)c2cccc(NC(=O)C3CC3C)c2)CC1. The predicted octanol–water partition coefficient (Wildman–Crippen LogP) is 2.29. The number of likely N-dealkylation sites (N-methyl/N-ethyl adjacent to an activating group) is 1. The zero-order valence-electron chi connectivity index (χ0n) is 16.6. The molecule has 2 fully saturated rings. The maximum absolute atomic E-state index is 12.9. The number of carbonyl (C=O) groups is 3. The van der Waals surface area contributed by atoms with Gasteiger partial charge in [-0.2, -0.15) is 0 Å². The fourth-order valence-electron chi connectivity index (χ4n) is 3.94. The van der Waals surface area contributed by atoms with E-state index in [4.69, 9.17) is 5.11 Å². The normalized spacial score (nSPS) is 22.2. The van der Waals surface area contributed by atoms with E-state index in [-0.39, 0.29) is 30.3 Å². The van der Waals surface area contributed by atoms with Gasteiger partial charge in [-0.3, -0.25) is 19.3 Å². The summed E-state index contributed by atoms with van der Waals surface area (Å²) in [6.07, 6.45) is 2.46. The molecule has 2 unspecified atom stereocenters. The second kappa shape index (κ2) is 8.73. The average molecular weight is 387 g/mol. The van der Waals surface area contributed by atoms with Gasteiger partial charge in [0.15, 0.2) is 0 Å². The van der Waals surface area contributed by atoms with Crippen LogP contribution in [-0.4, -0.2) is 64.9 Å². The Labute approximate surface area is 165 Å². The summed E-state index contributed by atoms with van der Waals surface area (Å²) in [6, 6.07) is 7.29. The molecule has 2 amide bonds. The Kier molecular flexibility index (Phi) is 6.34. The Morgan fingerprint density at radius 2 is 1.93 bits per heavy atom. The smallest absolute Gasteiger partial charge is 0.317 e. The van der Waals surface area contributed by atoms with Gasteiger partial charge in [0.2, 0.25) is 5.91 Å². The summed E-state index contributed by atoms with van der Waals surface area (Å²) in [5.74, 6) is -0.313. The fourth-order valence-corrected chi connectivity index (χ4v) is 3.94. The summed E-state index contributed by atoms with van der Waals surface area (Å²) in [4.78, 5) is 39.8. The standard InChI is InChI=1S/C21H29N3O4/c1-3-23(13-19(25)26)17-7-9-24(10-8-17)21(28)15-5-4-6-16(12-15)22-20(27)18-11-14(18)2/h4-6,12,14,17-18H,3,7-11,13H2,1-2H3,(H,22,27)(H,25,26). The number of likely N-dealkylation sites (tertiary alicyclic amines) is 1. The molecule has 1 aromatic rings. The van der Waals surface area contributed by atoms with Crippen molar-refractivity contribution in [3.8, 4) is 0 Å². The van der Waals surface area contributed by atoms with Gasteiger partial charge < -0.3 is 15.3 Å². The van der Waals surface area contributed by atoms with Crippen LogP contribution in [0.5, 0.6) is 0 Å². The lowest BCUT2D eigenvalue weighted by molar-refractivity contribution is -0.139. The number of carboxylic acid groups (broad SMARTS) is 1. The number of anilines is 1. The van der Waals surface area contributed by atoms with Crippen LogP contribution >= 0.6 is 0 Å². The zero-order valence-corrected chi connectivity index (χ0v) is 16.6. The molecule has 1 saturated heterocycles. The number of nitrogens with zero attached hydrogens (tertiary/aromatic N) is 2. The van der Waals surface area contributed by atoms with E-state index < -0.39 is 5.97 Å². The molecule has 1 saturated carbocycles. The molecule has 0 bridgehead atoms. The number of rotatable bonds is 7. The van der Waals surface area contributed by atoms with Gasteiger partial charge in [-0.25, -0.2) is 0 Å². The number of carboxylic acids is 1. The van der Waals surface area contributed by atoms with Gasteiger partial charge in [0.1, 0.15) is 0 Å². The maximum atomic E-state index is 12.9. The first kappa shape index (κ1) is 20.3. The number of piperidine rings is 1. The van der Waals surface area contributed by atoms with Gasteiger partial charge in [0.25, 0.3) is 5.91 Å². The van der Waals surface area contributed by atoms with Crippen LogP contribution in [0.15, 0.2) is 24.3 Å². The van der Waals surface area contributed by atoms with E-state index in [2.05, 4.69) is 12.2 Å². The molecular formula is C21H29N3O4. The van der Waals surface area contributed by atoms with E-state index in [0.717, 1.165) is 19.3 Å². The minimum Gasteiger partial charge on any atom is -0.480 e. The number of hydrogen-bond acceptors (Lipinski definition) is 4. The molecule has 0 spiro atoms. The van der Waals surface area contributed by atoms with Crippen LogP contribution in [0.1, 0.15) is 43.5 Å². The first-order valence-corrected chi connectivity index (χ1v) is 10.0. The summed E-state index contributed by atoms with van der Waals surface area (Å²) in [5.41, 5.74) is 1.22. The molecule has 7 nitrogen and oxygen atoms in total. The molecule has 1 aliphatic heterocycles. The molecule has 0 radical (unpaired) electrons. The third-order valence-corrected chi connectivity index (χ3v) is 5.84. The van der Waals surface area contributed by atoms with Crippen LogP contribution in [0.2, 0.25) is 0 Å². The van der Waals surface area contributed by atoms with Crippen molar-refractivity contribution in [3.63, 3.8) is 0 Å². The number of aliphatic carboxylic acids is 1. The van der Waals surface area contributed by atoms with Crippen molar-refractivity contribution < 1.29 is 19.5 Å². The fraction of sp³-hybridized carbons (Fsp3) is 0.571. The van der Waals surface area contributed by atoms with E-state index in [1.54, 1.807) is 24.3 Å². The van der Waals surface area contributed by atoms with Gasteiger partial charge in [0.05, 0.1) is 6.54 Å². The number of carbonyl (C=O) groups excluding carboxylic acids is 2. The summed E-state index contributed by atoms with van der Waals surface area (Å²) in [7, 11) is 0. The predicted molar refractivity (Wildman–Crippen MR) is 106 cm³/mol. The van der Waals surface area contributed by atoms with Gasteiger partial charge in [-0.15, -0.1) is 0 Å². The Morgan fingerprint density at radius 3 is 2.50 bits per heavy atom. The summed E-state index contributed by atoms with van der Waals surface area (Å²) in [5, 5.41) is 11.9. The van der Waals surface area contributed by atoms with Crippen molar-refractivity contribution in [2.45, 2.75) is 39.2 Å². The Bertz CT molecular complexity index is 743. The Balaban J connectivity index is 1.57. The van der Waals surface area contributed by atoms with Crippen LogP contribution in [0.4, 0.5) is 5.69 Å². The molecule has 3 rings (SSSR count). The lowest BCUT2D eigenvalue weighted by atomic mass is 10.0. The first-order valence-electron chi connectivity index (χ1n) is 10.0. The monoisotopic (exact) mass is 387 g/mol. The van der Waals surface area contributed by atoms with Crippen LogP contribution < -0.4 is 5.32 Å². The van der Waals surface area contributed by atoms with Crippen molar-refractivity contribution in [1.82, 2.24) is 9.80 Å². The third-order valence-electron chi connectivity index (χ3n) is 5.84. The molecule has 1 aliphatic carbocycles. The van der Waals surface area contributed by atoms with Crippen molar-refractivity contribution in [1.29, 1.82) is 0 Å². The largest absolute Gasteiger partial charge is 0.480 e.